The van der Waals surface area contributed by atoms with Crippen molar-refractivity contribution in [1.29, 1.82) is 0 Å². The van der Waals surface area contributed by atoms with Gasteiger partial charge < -0.3 is 5.32 Å². The van der Waals surface area contributed by atoms with Gasteiger partial charge in [-0.25, -0.2) is 0 Å². The molecule has 0 amide bonds. The largest absolute Gasteiger partial charge is 0.309 e. The Morgan fingerprint density at radius 1 is 1.40 bits per heavy atom. The van der Waals surface area contributed by atoms with Gasteiger partial charge in [0.05, 0.1) is 6.04 Å². The van der Waals surface area contributed by atoms with Crippen molar-refractivity contribution < 1.29 is 0 Å². The first-order valence-corrected chi connectivity index (χ1v) is 5.88. The molecule has 0 saturated carbocycles. The maximum absolute atomic E-state index is 4.32. The summed E-state index contributed by atoms with van der Waals surface area (Å²) in [6, 6.07) is 6.52. The molecule has 0 fully saturated rings. The lowest BCUT2D eigenvalue weighted by atomic mass is 10.0. The number of aromatic nitrogens is 1. The van der Waals surface area contributed by atoms with Crippen LogP contribution < -0.4 is 5.32 Å². The van der Waals surface area contributed by atoms with Gasteiger partial charge in [-0.15, -0.1) is 0 Å². The standard InChI is InChI=1S/C12H14N2S/c1-9-11(4-3-6-14-9)12(13-2)10-5-7-15-8-10/h3-8,12-13H,1-2H3. The van der Waals surface area contributed by atoms with Gasteiger partial charge in [0.15, 0.2) is 0 Å². The first-order valence-electron chi connectivity index (χ1n) is 4.94. The average molecular weight is 218 g/mol. The van der Waals surface area contributed by atoms with Gasteiger partial charge in [-0.05, 0) is 48.0 Å². The van der Waals surface area contributed by atoms with Crippen LogP contribution in [-0.2, 0) is 0 Å². The fraction of sp³-hybridized carbons (Fsp3) is 0.250. The molecule has 2 rings (SSSR count). The molecule has 0 saturated heterocycles. The second kappa shape index (κ2) is 4.55. The number of aryl methyl sites for hydroxylation is 1. The molecule has 2 aromatic heterocycles. The molecule has 0 radical (unpaired) electrons. The lowest BCUT2D eigenvalue weighted by molar-refractivity contribution is 0.685. The molecule has 1 atom stereocenters. The van der Waals surface area contributed by atoms with Crippen LogP contribution in [0.4, 0.5) is 0 Å². The zero-order chi connectivity index (χ0) is 10.7. The highest BCUT2D eigenvalue weighted by Gasteiger charge is 2.14. The normalized spacial score (nSPS) is 12.7. The number of nitrogens with zero attached hydrogens (tertiary/aromatic N) is 1. The monoisotopic (exact) mass is 218 g/mol. The Bertz CT molecular complexity index is 423. The van der Waals surface area contributed by atoms with Crippen LogP contribution in [0.5, 0.6) is 0 Å². The summed E-state index contributed by atoms with van der Waals surface area (Å²) in [6.07, 6.45) is 1.83. The summed E-state index contributed by atoms with van der Waals surface area (Å²) in [5.41, 5.74) is 3.64. The molecular weight excluding hydrogens is 204 g/mol. The van der Waals surface area contributed by atoms with Crippen LogP contribution in [0.3, 0.4) is 0 Å². The van der Waals surface area contributed by atoms with Gasteiger partial charge >= 0.3 is 0 Å². The summed E-state index contributed by atoms with van der Waals surface area (Å²) in [5.74, 6) is 0. The van der Waals surface area contributed by atoms with Crippen LogP contribution in [0.25, 0.3) is 0 Å². The second-order valence-electron chi connectivity index (χ2n) is 3.46. The topological polar surface area (TPSA) is 24.9 Å². The first kappa shape index (κ1) is 10.3. The van der Waals surface area contributed by atoms with E-state index in [0.717, 1.165) is 5.69 Å². The molecule has 15 heavy (non-hydrogen) atoms. The Hall–Kier alpha value is -1.19. The summed E-state index contributed by atoms with van der Waals surface area (Å²) in [5, 5.41) is 7.61. The molecule has 78 valence electrons. The molecule has 2 aromatic rings. The summed E-state index contributed by atoms with van der Waals surface area (Å²) in [7, 11) is 1.98. The SMILES string of the molecule is CNC(c1ccsc1)c1cccnc1C. The Morgan fingerprint density at radius 2 is 2.27 bits per heavy atom. The van der Waals surface area contributed by atoms with E-state index in [0.29, 0.717) is 0 Å². The van der Waals surface area contributed by atoms with Gasteiger partial charge in [-0.2, -0.15) is 11.3 Å². The van der Waals surface area contributed by atoms with Crippen molar-refractivity contribution in [2.24, 2.45) is 0 Å². The summed E-state index contributed by atoms with van der Waals surface area (Å²) < 4.78 is 0. The lowest BCUT2D eigenvalue weighted by Gasteiger charge is -2.16. The predicted octanol–water partition coefficient (Wildman–Crippen LogP) is 2.76. The van der Waals surface area contributed by atoms with E-state index in [1.54, 1.807) is 11.3 Å². The zero-order valence-corrected chi connectivity index (χ0v) is 9.71. The zero-order valence-electron chi connectivity index (χ0n) is 8.90. The van der Waals surface area contributed by atoms with Gasteiger partial charge in [0.25, 0.3) is 0 Å². The van der Waals surface area contributed by atoms with E-state index in [-0.39, 0.29) is 6.04 Å². The third-order valence-electron chi connectivity index (χ3n) is 2.52. The number of nitrogens with one attached hydrogen (secondary N) is 1. The highest BCUT2D eigenvalue weighted by Crippen LogP contribution is 2.24. The molecule has 0 bridgehead atoms. The summed E-state index contributed by atoms with van der Waals surface area (Å²) in [6.45, 7) is 2.05. The molecular formula is C12H14N2S. The summed E-state index contributed by atoms with van der Waals surface area (Å²) >= 11 is 1.72. The third-order valence-corrected chi connectivity index (χ3v) is 3.23. The molecule has 3 heteroatoms. The lowest BCUT2D eigenvalue weighted by Crippen LogP contribution is -2.18. The van der Waals surface area contributed by atoms with Crippen LogP contribution in [-0.4, -0.2) is 12.0 Å². The predicted molar refractivity (Wildman–Crippen MR) is 64.2 cm³/mol. The average Bonchev–Trinajstić information content (AvgIpc) is 2.75. The van der Waals surface area contributed by atoms with Crippen molar-refractivity contribution in [3.8, 4) is 0 Å². The highest BCUT2D eigenvalue weighted by atomic mass is 32.1. The van der Waals surface area contributed by atoms with Gasteiger partial charge in [0.2, 0.25) is 0 Å². The smallest absolute Gasteiger partial charge is 0.0600 e. The quantitative estimate of drug-likeness (QED) is 0.857. The maximum atomic E-state index is 4.32. The van der Waals surface area contributed by atoms with Crippen LogP contribution in [0.1, 0.15) is 22.9 Å². The maximum Gasteiger partial charge on any atom is 0.0600 e. The Balaban J connectivity index is 2.40. The second-order valence-corrected chi connectivity index (χ2v) is 4.24. The minimum atomic E-state index is 0.255. The number of thiophene rings is 1. The van der Waals surface area contributed by atoms with E-state index >= 15 is 0 Å². The Labute approximate surface area is 94.0 Å². The third kappa shape index (κ3) is 2.08. The molecule has 1 unspecified atom stereocenters. The van der Waals surface area contributed by atoms with Crippen molar-refractivity contribution in [1.82, 2.24) is 10.3 Å². The Kier molecular flexibility index (Phi) is 3.14. The van der Waals surface area contributed by atoms with Gasteiger partial charge in [-0.3, -0.25) is 4.98 Å². The van der Waals surface area contributed by atoms with E-state index in [4.69, 9.17) is 0 Å². The number of hydrogen-bond acceptors (Lipinski definition) is 3. The van der Waals surface area contributed by atoms with E-state index in [1.807, 2.05) is 26.2 Å². The van der Waals surface area contributed by atoms with E-state index in [2.05, 4.69) is 33.2 Å². The van der Waals surface area contributed by atoms with Crippen LogP contribution in [0.15, 0.2) is 35.2 Å². The molecule has 1 N–H and O–H groups in total. The van der Waals surface area contributed by atoms with Crippen molar-refractivity contribution in [3.63, 3.8) is 0 Å². The number of hydrogen-bond donors (Lipinski definition) is 1. The molecule has 0 aliphatic carbocycles. The van der Waals surface area contributed by atoms with Gasteiger partial charge in [0, 0.05) is 11.9 Å². The van der Waals surface area contributed by atoms with Crippen molar-refractivity contribution >= 4 is 11.3 Å². The van der Waals surface area contributed by atoms with Crippen LogP contribution >= 0.6 is 11.3 Å². The number of rotatable bonds is 3. The molecule has 0 aromatic carbocycles. The molecule has 0 aliphatic rings. The molecule has 2 nitrogen and oxygen atoms in total. The molecule has 0 spiro atoms. The fourth-order valence-electron chi connectivity index (χ4n) is 1.74. The molecule has 0 aliphatic heterocycles. The van der Waals surface area contributed by atoms with E-state index in [9.17, 15) is 0 Å². The van der Waals surface area contributed by atoms with Crippen molar-refractivity contribution in [2.45, 2.75) is 13.0 Å². The highest BCUT2D eigenvalue weighted by molar-refractivity contribution is 7.08. The minimum absolute atomic E-state index is 0.255. The van der Waals surface area contributed by atoms with Gasteiger partial charge in [-0.1, -0.05) is 6.07 Å². The minimum Gasteiger partial charge on any atom is -0.309 e. The van der Waals surface area contributed by atoms with Crippen LogP contribution in [0, 0.1) is 6.92 Å². The van der Waals surface area contributed by atoms with E-state index < -0.39 is 0 Å². The van der Waals surface area contributed by atoms with Gasteiger partial charge in [0.1, 0.15) is 0 Å². The van der Waals surface area contributed by atoms with Crippen molar-refractivity contribution in [3.05, 3.63) is 52.0 Å². The number of pyridine rings is 1. The van der Waals surface area contributed by atoms with E-state index in [1.165, 1.54) is 11.1 Å². The summed E-state index contributed by atoms with van der Waals surface area (Å²) in [4.78, 5) is 4.32. The fourth-order valence-corrected chi connectivity index (χ4v) is 2.43. The first-order chi connectivity index (χ1) is 7.33. The van der Waals surface area contributed by atoms with Crippen molar-refractivity contribution in [2.75, 3.05) is 7.05 Å². The van der Waals surface area contributed by atoms with Crippen LogP contribution in [0.2, 0.25) is 0 Å². The Morgan fingerprint density at radius 3 is 2.87 bits per heavy atom. The molecule has 2 heterocycles.